The molecule has 7 nitrogen and oxygen atoms in total. The number of nitrogens with zero attached hydrogens (tertiary/aromatic N) is 4. The van der Waals surface area contributed by atoms with E-state index in [1.165, 1.54) is 0 Å². The molecule has 1 amide bonds. The predicted octanol–water partition coefficient (Wildman–Crippen LogP) is 3.68. The van der Waals surface area contributed by atoms with Gasteiger partial charge in [0.1, 0.15) is 5.69 Å². The fraction of sp³-hybridized carbons (Fsp3) is 0.348. The molecule has 0 spiro atoms. The van der Waals surface area contributed by atoms with Gasteiger partial charge in [0.2, 0.25) is 5.91 Å². The molecule has 2 aromatic carbocycles. The fourth-order valence-electron chi connectivity index (χ4n) is 4.35. The van der Waals surface area contributed by atoms with Crippen molar-refractivity contribution in [1.82, 2.24) is 25.1 Å². The first kappa shape index (κ1) is 18.8. The lowest BCUT2D eigenvalue weighted by Crippen LogP contribution is -2.37. The van der Waals surface area contributed by atoms with E-state index in [0.717, 1.165) is 57.7 Å². The van der Waals surface area contributed by atoms with Crippen LogP contribution < -0.4 is 4.90 Å². The van der Waals surface area contributed by atoms with Crippen molar-refractivity contribution >= 4 is 33.5 Å². The summed E-state index contributed by atoms with van der Waals surface area (Å²) in [5.41, 5.74) is 5.02. The maximum Gasteiger partial charge on any atom is 0.237 e. The van der Waals surface area contributed by atoms with Gasteiger partial charge in [-0.1, -0.05) is 18.2 Å². The molecule has 5 rings (SSSR count). The Morgan fingerprint density at radius 2 is 1.93 bits per heavy atom. The van der Waals surface area contributed by atoms with Crippen LogP contribution in [0, 0.1) is 0 Å². The van der Waals surface area contributed by atoms with E-state index in [2.05, 4.69) is 46.3 Å². The molecule has 0 aliphatic carbocycles. The van der Waals surface area contributed by atoms with Crippen LogP contribution in [-0.4, -0.2) is 58.2 Å². The van der Waals surface area contributed by atoms with E-state index in [1.807, 2.05) is 43.0 Å². The molecule has 2 aromatic heterocycles. The standard InChI is InChI=1S/C23H26N6O/c1-23(2)15-12-17-18(13-19(15)29(22(23)30)11-7-10-28(3)4)25-21(24-17)20-14-8-5-6-9-16(14)26-27-20/h5-6,8-9,12-13H,7,10-11H2,1-4H3,(H,24,25)(H,26,27). The van der Waals surface area contributed by atoms with Crippen LogP contribution >= 0.6 is 0 Å². The molecule has 4 aromatic rings. The molecule has 1 aliphatic rings. The summed E-state index contributed by atoms with van der Waals surface area (Å²) in [6, 6.07) is 12.1. The number of benzene rings is 2. The van der Waals surface area contributed by atoms with Crippen LogP contribution in [0.2, 0.25) is 0 Å². The summed E-state index contributed by atoms with van der Waals surface area (Å²) in [5, 5.41) is 8.56. The second kappa shape index (κ2) is 6.67. The van der Waals surface area contributed by atoms with Crippen molar-refractivity contribution in [1.29, 1.82) is 0 Å². The van der Waals surface area contributed by atoms with Gasteiger partial charge in [-0.15, -0.1) is 0 Å². The van der Waals surface area contributed by atoms with Gasteiger partial charge in [-0.05, 0) is 64.7 Å². The number of H-pyrrole nitrogens is 2. The molecule has 0 unspecified atom stereocenters. The topological polar surface area (TPSA) is 80.9 Å². The van der Waals surface area contributed by atoms with Crippen molar-refractivity contribution in [2.24, 2.45) is 0 Å². The van der Waals surface area contributed by atoms with Gasteiger partial charge in [0.15, 0.2) is 5.82 Å². The number of imidazole rings is 1. The lowest BCUT2D eigenvalue weighted by Gasteiger charge is -2.21. The molecular formula is C23H26N6O. The van der Waals surface area contributed by atoms with Crippen LogP contribution in [0.25, 0.3) is 33.5 Å². The third-order valence-electron chi connectivity index (χ3n) is 6.02. The Labute approximate surface area is 175 Å². The van der Waals surface area contributed by atoms with Crippen LogP contribution in [0.1, 0.15) is 25.8 Å². The summed E-state index contributed by atoms with van der Waals surface area (Å²) >= 11 is 0. The molecular weight excluding hydrogens is 376 g/mol. The molecule has 0 atom stereocenters. The molecule has 7 heteroatoms. The molecule has 154 valence electrons. The Morgan fingerprint density at radius 3 is 2.73 bits per heavy atom. The number of aromatic nitrogens is 4. The summed E-state index contributed by atoms with van der Waals surface area (Å²) in [6.45, 7) is 5.66. The van der Waals surface area contributed by atoms with Crippen LogP contribution in [0.15, 0.2) is 36.4 Å². The normalized spacial score (nSPS) is 15.6. The summed E-state index contributed by atoms with van der Waals surface area (Å²) in [4.78, 5) is 25.4. The lowest BCUT2D eigenvalue weighted by atomic mass is 9.86. The fourth-order valence-corrected chi connectivity index (χ4v) is 4.35. The Bertz CT molecular complexity index is 1270. The average Bonchev–Trinajstić information content (AvgIpc) is 3.36. The summed E-state index contributed by atoms with van der Waals surface area (Å²) < 4.78 is 0. The number of hydrogen-bond acceptors (Lipinski definition) is 4. The number of nitrogens with one attached hydrogen (secondary N) is 2. The zero-order valence-electron chi connectivity index (χ0n) is 17.8. The highest BCUT2D eigenvalue weighted by molar-refractivity contribution is 6.09. The van der Waals surface area contributed by atoms with E-state index in [4.69, 9.17) is 4.98 Å². The second-order valence-electron chi connectivity index (χ2n) is 8.83. The second-order valence-corrected chi connectivity index (χ2v) is 8.83. The van der Waals surface area contributed by atoms with Gasteiger partial charge in [0, 0.05) is 11.9 Å². The number of anilines is 1. The molecule has 0 radical (unpaired) electrons. The number of carbonyl (C=O) groups excluding carboxylic acids is 1. The molecule has 3 heterocycles. The van der Waals surface area contributed by atoms with Gasteiger partial charge < -0.3 is 14.8 Å². The number of aromatic amines is 2. The van der Waals surface area contributed by atoms with Gasteiger partial charge in [-0.3, -0.25) is 9.89 Å². The molecule has 0 saturated heterocycles. The number of amides is 1. The molecule has 2 N–H and O–H groups in total. The summed E-state index contributed by atoms with van der Waals surface area (Å²) in [5.74, 6) is 0.886. The first-order chi connectivity index (χ1) is 14.4. The third-order valence-corrected chi connectivity index (χ3v) is 6.02. The monoisotopic (exact) mass is 402 g/mol. The molecule has 1 aliphatic heterocycles. The predicted molar refractivity (Wildman–Crippen MR) is 120 cm³/mol. The van der Waals surface area contributed by atoms with Crippen molar-refractivity contribution in [3.63, 3.8) is 0 Å². The van der Waals surface area contributed by atoms with Crippen LogP contribution in [0.5, 0.6) is 0 Å². The highest BCUT2D eigenvalue weighted by Crippen LogP contribution is 2.43. The van der Waals surface area contributed by atoms with E-state index >= 15 is 0 Å². The molecule has 0 saturated carbocycles. The number of rotatable bonds is 5. The Hall–Kier alpha value is -3.19. The van der Waals surface area contributed by atoms with Crippen molar-refractivity contribution < 1.29 is 4.79 Å². The number of carbonyl (C=O) groups is 1. The van der Waals surface area contributed by atoms with E-state index in [9.17, 15) is 4.79 Å². The molecule has 30 heavy (non-hydrogen) atoms. The van der Waals surface area contributed by atoms with E-state index < -0.39 is 5.41 Å². The maximum atomic E-state index is 13.1. The largest absolute Gasteiger partial charge is 0.337 e. The SMILES string of the molecule is CN(C)CCCN1C(=O)C(C)(C)c2cc3nc(-c4n[nH]c5ccccc45)[nH]c3cc21. The molecule has 0 bridgehead atoms. The number of hydrogen-bond donors (Lipinski definition) is 2. The average molecular weight is 403 g/mol. The first-order valence-corrected chi connectivity index (χ1v) is 10.3. The van der Waals surface area contributed by atoms with Crippen molar-refractivity contribution in [3.8, 4) is 11.5 Å². The van der Waals surface area contributed by atoms with Crippen molar-refractivity contribution in [2.45, 2.75) is 25.7 Å². The Balaban J connectivity index is 1.58. The highest BCUT2D eigenvalue weighted by Gasteiger charge is 2.44. The quantitative estimate of drug-likeness (QED) is 0.534. The van der Waals surface area contributed by atoms with Gasteiger partial charge in [0.05, 0.1) is 27.7 Å². The van der Waals surface area contributed by atoms with E-state index in [1.54, 1.807) is 0 Å². The summed E-state index contributed by atoms with van der Waals surface area (Å²) in [7, 11) is 4.11. The maximum absolute atomic E-state index is 13.1. The van der Waals surface area contributed by atoms with Crippen LogP contribution in [-0.2, 0) is 10.2 Å². The van der Waals surface area contributed by atoms with Crippen LogP contribution in [0.3, 0.4) is 0 Å². The van der Waals surface area contributed by atoms with Gasteiger partial charge in [-0.2, -0.15) is 5.10 Å². The number of fused-ring (bicyclic) bond motifs is 3. The van der Waals surface area contributed by atoms with Crippen LogP contribution in [0.4, 0.5) is 5.69 Å². The molecule has 0 fully saturated rings. The van der Waals surface area contributed by atoms with Gasteiger partial charge in [0.25, 0.3) is 0 Å². The minimum Gasteiger partial charge on any atom is -0.337 e. The smallest absolute Gasteiger partial charge is 0.237 e. The van der Waals surface area contributed by atoms with Crippen molar-refractivity contribution in [3.05, 3.63) is 42.0 Å². The zero-order valence-corrected chi connectivity index (χ0v) is 17.8. The minimum absolute atomic E-state index is 0.155. The number of para-hydroxylation sites is 1. The van der Waals surface area contributed by atoms with E-state index in [0.29, 0.717) is 6.54 Å². The first-order valence-electron chi connectivity index (χ1n) is 10.3. The van der Waals surface area contributed by atoms with Gasteiger partial charge >= 0.3 is 0 Å². The highest BCUT2D eigenvalue weighted by atomic mass is 16.2. The lowest BCUT2D eigenvalue weighted by molar-refractivity contribution is -0.122. The van der Waals surface area contributed by atoms with Gasteiger partial charge in [-0.25, -0.2) is 4.98 Å². The zero-order chi connectivity index (χ0) is 21.0. The van der Waals surface area contributed by atoms with E-state index in [-0.39, 0.29) is 5.91 Å². The Kier molecular flexibility index (Phi) is 4.18. The third kappa shape index (κ3) is 2.81. The Morgan fingerprint density at radius 1 is 1.13 bits per heavy atom. The minimum atomic E-state index is -0.556. The van der Waals surface area contributed by atoms with Crippen molar-refractivity contribution in [2.75, 3.05) is 32.1 Å². The summed E-state index contributed by atoms with van der Waals surface area (Å²) in [6.07, 6.45) is 0.930.